The summed E-state index contributed by atoms with van der Waals surface area (Å²) in [5.41, 5.74) is 1.29. The Morgan fingerprint density at radius 2 is 2.25 bits per heavy atom. The zero-order chi connectivity index (χ0) is 8.72. The number of benzene rings is 1. The Labute approximate surface area is 81.7 Å². The molecule has 0 aromatic heterocycles. The van der Waals surface area contributed by atoms with E-state index in [1.54, 1.807) is 0 Å². The van der Waals surface area contributed by atoms with E-state index in [2.05, 4.69) is 24.9 Å². The van der Waals surface area contributed by atoms with Crippen LogP contribution in [0, 0.1) is 0 Å². The van der Waals surface area contributed by atoms with E-state index in [0.717, 1.165) is 5.02 Å². The Balaban J connectivity index is 2.47. The van der Waals surface area contributed by atoms with Gasteiger partial charge in [0.1, 0.15) is 0 Å². The third-order valence-corrected chi connectivity index (χ3v) is 3.62. The fraction of sp³-hybridized carbons (Fsp3) is 0.333. The largest absolute Gasteiger partial charge is 0.362 e. The lowest BCUT2D eigenvalue weighted by Gasteiger charge is -2.16. The monoisotopic (exact) mass is 199 g/mol. The number of rotatable bonds is 0. The van der Waals surface area contributed by atoms with Crippen molar-refractivity contribution in [2.75, 3.05) is 11.9 Å². The zero-order valence-electron chi connectivity index (χ0n) is 7.04. The van der Waals surface area contributed by atoms with Gasteiger partial charge >= 0.3 is 0 Å². The summed E-state index contributed by atoms with van der Waals surface area (Å²) in [6, 6.07) is 6.05. The molecule has 0 saturated heterocycles. The van der Waals surface area contributed by atoms with Crippen LogP contribution in [-0.2, 0) is 0 Å². The van der Waals surface area contributed by atoms with Crippen LogP contribution in [0.15, 0.2) is 23.1 Å². The highest BCUT2D eigenvalue weighted by Gasteiger charge is 2.22. The molecule has 0 saturated carbocycles. The van der Waals surface area contributed by atoms with Crippen LogP contribution < -0.4 is 4.90 Å². The van der Waals surface area contributed by atoms with Gasteiger partial charge in [-0.3, -0.25) is 0 Å². The van der Waals surface area contributed by atoms with Crippen molar-refractivity contribution < 1.29 is 0 Å². The predicted molar refractivity (Wildman–Crippen MR) is 55.2 cm³/mol. The van der Waals surface area contributed by atoms with Crippen LogP contribution in [0.25, 0.3) is 0 Å². The Kier molecular flexibility index (Phi) is 1.97. The van der Waals surface area contributed by atoms with Gasteiger partial charge in [0.15, 0.2) is 0 Å². The van der Waals surface area contributed by atoms with Gasteiger partial charge in [-0.1, -0.05) is 23.4 Å². The van der Waals surface area contributed by atoms with Crippen LogP contribution in [0.1, 0.15) is 6.92 Å². The second-order valence-corrected chi connectivity index (χ2v) is 4.73. The second kappa shape index (κ2) is 2.86. The number of thioether (sulfide) groups is 1. The first-order valence-corrected chi connectivity index (χ1v) is 5.13. The van der Waals surface area contributed by atoms with Gasteiger partial charge in [-0.25, -0.2) is 0 Å². The smallest absolute Gasteiger partial charge is 0.0766 e. The highest BCUT2D eigenvalue weighted by molar-refractivity contribution is 8.00. The van der Waals surface area contributed by atoms with E-state index in [9.17, 15) is 0 Å². The molecule has 1 aliphatic heterocycles. The SMILES string of the molecule is CC1Sc2cc(Cl)ccc2N1C. The van der Waals surface area contributed by atoms with E-state index in [1.807, 2.05) is 23.9 Å². The van der Waals surface area contributed by atoms with E-state index >= 15 is 0 Å². The molecule has 0 radical (unpaired) electrons. The van der Waals surface area contributed by atoms with Crippen molar-refractivity contribution >= 4 is 29.1 Å². The first-order valence-electron chi connectivity index (χ1n) is 3.87. The van der Waals surface area contributed by atoms with Crippen LogP contribution >= 0.6 is 23.4 Å². The lowest BCUT2D eigenvalue weighted by Crippen LogP contribution is -2.20. The van der Waals surface area contributed by atoms with Crippen molar-refractivity contribution in [3.8, 4) is 0 Å². The summed E-state index contributed by atoms with van der Waals surface area (Å²) in [7, 11) is 2.11. The average Bonchev–Trinajstić information content (AvgIpc) is 2.28. The molecule has 3 heteroatoms. The van der Waals surface area contributed by atoms with Crippen molar-refractivity contribution in [2.45, 2.75) is 17.2 Å². The molecule has 1 unspecified atom stereocenters. The summed E-state index contributed by atoms with van der Waals surface area (Å²) in [5.74, 6) is 0. The van der Waals surface area contributed by atoms with Crippen molar-refractivity contribution in [3.63, 3.8) is 0 Å². The van der Waals surface area contributed by atoms with Crippen LogP contribution in [0.5, 0.6) is 0 Å². The van der Waals surface area contributed by atoms with E-state index in [4.69, 9.17) is 11.6 Å². The molecule has 12 heavy (non-hydrogen) atoms. The van der Waals surface area contributed by atoms with Crippen LogP contribution in [-0.4, -0.2) is 12.4 Å². The molecule has 1 aromatic rings. The molecule has 1 aliphatic rings. The molecule has 2 rings (SSSR count). The summed E-state index contributed by atoms with van der Waals surface area (Å²) in [6.07, 6.45) is 0. The third-order valence-electron chi connectivity index (χ3n) is 2.14. The van der Waals surface area contributed by atoms with E-state index in [1.165, 1.54) is 10.6 Å². The molecule has 1 aromatic carbocycles. The van der Waals surface area contributed by atoms with Gasteiger partial charge in [0.05, 0.1) is 11.1 Å². The van der Waals surface area contributed by atoms with Gasteiger partial charge in [-0.05, 0) is 25.1 Å². The first kappa shape index (κ1) is 8.27. The Morgan fingerprint density at radius 1 is 1.50 bits per heavy atom. The summed E-state index contributed by atoms with van der Waals surface area (Å²) in [4.78, 5) is 3.55. The number of fused-ring (bicyclic) bond motifs is 1. The van der Waals surface area contributed by atoms with E-state index in [-0.39, 0.29) is 0 Å². The summed E-state index contributed by atoms with van der Waals surface area (Å²) in [5, 5.41) is 1.35. The number of hydrogen-bond acceptors (Lipinski definition) is 2. The van der Waals surface area contributed by atoms with Crippen molar-refractivity contribution in [1.82, 2.24) is 0 Å². The first-order chi connectivity index (χ1) is 5.68. The quantitative estimate of drug-likeness (QED) is 0.631. The molecule has 0 fully saturated rings. The van der Waals surface area contributed by atoms with E-state index in [0.29, 0.717) is 5.37 Å². The summed E-state index contributed by atoms with van der Waals surface area (Å²) < 4.78 is 0. The number of hydrogen-bond donors (Lipinski definition) is 0. The summed E-state index contributed by atoms with van der Waals surface area (Å²) >= 11 is 7.74. The lowest BCUT2D eigenvalue weighted by molar-refractivity contribution is 0.924. The molecule has 64 valence electrons. The minimum Gasteiger partial charge on any atom is -0.362 e. The van der Waals surface area contributed by atoms with E-state index < -0.39 is 0 Å². The molecule has 1 nitrogen and oxygen atoms in total. The second-order valence-electron chi connectivity index (χ2n) is 2.94. The topological polar surface area (TPSA) is 3.24 Å². The molecular formula is C9H10ClNS. The van der Waals surface area contributed by atoms with Gasteiger partial charge in [-0.15, -0.1) is 0 Å². The lowest BCUT2D eigenvalue weighted by atomic mass is 10.3. The molecule has 0 aliphatic carbocycles. The highest BCUT2D eigenvalue weighted by Crippen LogP contribution is 2.43. The normalized spacial score (nSPS) is 21.2. The number of anilines is 1. The molecular weight excluding hydrogens is 190 g/mol. The number of nitrogens with zero attached hydrogens (tertiary/aromatic N) is 1. The molecule has 0 N–H and O–H groups in total. The van der Waals surface area contributed by atoms with Gasteiger partial charge < -0.3 is 4.90 Å². The standard InChI is InChI=1S/C9H10ClNS/c1-6-11(2)8-4-3-7(10)5-9(8)12-6/h3-6H,1-2H3. The average molecular weight is 200 g/mol. The van der Waals surface area contributed by atoms with Crippen molar-refractivity contribution in [3.05, 3.63) is 23.2 Å². The Hall–Kier alpha value is -0.340. The maximum atomic E-state index is 5.89. The molecule has 1 atom stereocenters. The molecule has 0 spiro atoms. The van der Waals surface area contributed by atoms with Gasteiger partial charge in [0, 0.05) is 17.0 Å². The van der Waals surface area contributed by atoms with Crippen LogP contribution in [0.3, 0.4) is 0 Å². The fourth-order valence-corrected chi connectivity index (χ4v) is 2.74. The van der Waals surface area contributed by atoms with Crippen molar-refractivity contribution in [1.29, 1.82) is 0 Å². The molecule has 0 bridgehead atoms. The zero-order valence-corrected chi connectivity index (χ0v) is 8.62. The van der Waals surface area contributed by atoms with Crippen molar-refractivity contribution in [2.24, 2.45) is 0 Å². The van der Waals surface area contributed by atoms with Gasteiger partial charge in [0.25, 0.3) is 0 Å². The van der Waals surface area contributed by atoms with Crippen LogP contribution in [0.4, 0.5) is 5.69 Å². The Bertz CT molecular complexity index is 313. The number of halogens is 1. The third kappa shape index (κ3) is 1.19. The molecule has 0 amide bonds. The Morgan fingerprint density at radius 3 is 3.00 bits per heavy atom. The minimum atomic E-state index is 0.526. The van der Waals surface area contributed by atoms with Gasteiger partial charge in [0.2, 0.25) is 0 Å². The van der Waals surface area contributed by atoms with Gasteiger partial charge in [-0.2, -0.15) is 0 Å². The summed E-state index contributed by atoms with van der Waals surface area (Å²) in [6.45, 7) is 2.19. The maximum Gasteiger partial charge on any atom is 0.0766 e. The predicted octanol–water partition coefficient (Wildman–Crippen LogP) is 3.23. The highest BCUT2D eigenvalue weighted by atomic mass is 35.5. The molecule has 1 heterocycles. The van der Waals surface area contributed by atoms with Crippen LogP contribution in [0.2, 0.25) is 5.02 Å². The maximum absolute atomic E-state index is 5.89. The minimum absolute atomic E-state index is 0.526. The fourth-order valence-electron chi connectivity index (χ4n) is 1.33.